The summed E-state index contributed by atoms with van der Waals surface area (Å²) in [6.07, 6.45) is 0.733. The summed E-state index contributed by atoms with van der Waals surface area (Å²) in [5.74, 6) is -0.234. The number of nitrogens with two attached hydrogens (primary N) is 1. The van der Waals surface area contributed by atoms with Crippen LogP contribution in [-0.2, 0) is 12.0 Å². The zero-order valence-electron chi connectivity index (χ0n) is 9.41. The van der Waals surface area contributed by atoms with Gasteiger partial charge in [-0.1, -0.05) is 12.1 Å². The van der Waals surface area contributed by atoms with Gasteiger partial charge in [-0.05, 0) is 52.0 Å². The van der Waals surface area contributed by atoms with Crippen molar-refractivity contribution < 1.29 is 4.39 Å². The average Bonchev–Trinajstić information content (AvgIpc) is 2.64. The Kier molecular flexibility index (Phi) is 3.66. The van der Waals surface area contributed by atoms with Gasteiger partial charge in [0.25, 0.3) is 0 Å². The molecule has 0 spiro atoms. The van der Waals surface area contributed by atoms with Crippen molar-refractivity contribution in [1.82, 2.24) is 0 Å². The summed E-state index contributed by atoms with van der Waals surface area (Å²) in [7, 11) is 0. The van der Waals surface area contributed by atoms with E-state index in [1.807, 2.05) is 18.4 Å². The topological polar surface area (TPSA) is 26.0 Å². The minimum atomic E-state index is -0.485. The van der Waals surface area contributed by atoms with Gasteiger partial charge in [-0.2, -0.15) is 0 Å². The predicted molar refractivity (Wildman–Crippen MR) is 73.7 cm³/mol. The van der Waals surface area contributed by atoms with E-state index in [-0.39, 0.29) is 5.82 Å². The normalized spacial score (nSPS) is 14.6. The Balaban J connectivity index is 2.24. The number of hydrogen-bond donors (Lipinski definition) is 1. The number of benzene rings is 1. The number of hydrogen-bond acceptors (Lipinski definition) is 2. The molecule has 0 aliphatic heterocycles. The molecule has 0 aliphatic carbocycles. The van der Waals surface area contributed by atoms with Crippen LogP contribution in [0.15, 0.2) is 40.2 Å². The van der Waals surface area contributed by atoms with Crippen molar-refractivity contribution in [1.29, 1.82) is 0 Å². The standard InChI is InChI=1S/C13H13BrFNS/c1-13(16,8-12-11(14)6-7-17-12)9-2-4-10(15)5-3-9/h2-7H,8,16H2,1H3. The molecule has 2 N–H and O–H groups in total. The summed E-state index contributed by atoms with van der Waals surface area (Å²) >= 11 is 5.17. The van der Waals surface area contributed by atoms with Gasteiger partial charge in [0.2, 0.25) is 0 Å². The van der Waals surface area contributed by atoms with Crippen LogP contribution in [0.2, 0.25) is 0 Å². The van der Waals surface area contributed by atoms with Crippen LogP contribution in [0.1, 0.15) is 17.4 Å². The maximum Gasteiger partial charge on any atom is 0.123 e. The number of halogens is 2. The van der Waals surface area contributed by atoms with Crippen molar-refractivity contribution in [2.45, 2.75) is 18.9 Å². The Morgan fingerprint density at radius 2 is 1.94 bits per heavy atom. The maximum absolute atomic E-state index is 12.9. The first-order valence-electron chi connectivity index (χ1n) is 5.26. The Labute approximate surface area is 113 Å². The zero-order chi connectivity index (χ0) is 12.5. The minimum Gasteiger partial charge on any atom is -0.321 e. The van der Waals surface area contributed by atoms with Gasteiger partial charge >= 0.3 is 0 Å². The summed E-state index contributed by atoms with van der Waals surface area (Å²) in [4.78, 5) is 1.21. The van der Waals surface area contributed by atoms with Gasteiger partial charge in [0.15, 0.2) is 0 Å². The van der Waals surface area contributed by atoms with Crippen LogP contribution < -0.4 is 5.73 Å². The lowest BCUT2D eigenvalue weighted by Gasteiger charge is -2.25. The van der Waals surface area contributed by atoms with Crippen LogP contribution in [0.3, 0.4) is 0 Å². The van der Waals surface area contributed by atoms with Crippen LogP contribution in [0, 0.1) is 5.82 Å². The van der Waals surface area contributed by atoms with Crippen molar-refractivity contribution in [3.05, 3.63) is 56.4 Å². The summed E-state index contributed by atoms with van der Waals surface area (Å²) in [5.41, 5.74) is 6.77. The molecule has 0 fully saturated rings. The van der Waals surface area contributed by atoms with Gasteiger partial charge in [0, 0.05) is 21.3 Å². The minimum absolute atomic E-state index is 0.234. The summed E-state index contributed by atoms with van der Waals surface area (Å²) in [6, 6.07) is 8.41. The van der Waals surface area contributed by atoms with E-state index in [2.05, 4.69) is 15.9 Å². The fourth-order valence-electron chi connectivity index (χ4n) is 1.72. The van der Waals surface area contributed by atoms with Crippen LogP contribution in [0.5, 0.6) is 0 Å². The van der Waals surface area contributed by atoms with Gasteiger partial charge in [0.1, 0.15) is 5.82 Å². The molecular weight excluding hydrogens is 301 g/mol. The second-order valence-corrected chi connectivity index (χ2v) is 6.15. The van der Waals surface area contributed by atoms with Gasteiger partial charge in [-0.15, -0.1) is 11.3 Å². The lowest BCUT2D eigenvalue weighted by Crippen LogP contribution is -2.35. The summed E-state index contributed by atoms with van der Waals surface area (Å²) < 4.78 is 14.0. The molecule has 0 radical (unpaired) electrons. The monoisotopic (exact) mass is 313 g/mol. The van der Waals surface area contributed by atoms with E-state index in [0.717, 1.165) is 16.5 Å². The van der Waals surface area contributed by atoms with E-state index in [1.54, 1.807) is 23.5 Å². The van der Waals surface area contributed by atoms with Crippen LogP contribution in [-0.4, -0.2) is 0 Å². The smallest absolute Gasteiger partial charge is 0.123 e. The first kappa shape index (κ1) is 12.7. The molecule has 1 atom stereocenters. The molecule has 0 amide bonds. The quantitative estimate of drug-likeness (QED) is 0.908. The molecule has 17 heavy (non-hydrogen) atoms. The fourth-order valence-corrected chi connectivity index (χ4v) is 3.38. The average molecular weight is 314 g/mol. The molecule has 1 aromatic heterocycles. The second kappa shape index (κ2) is 4.88. The zero-order valence-corrected chi connectivity index (χ0v) is 11.8. The molecule has 1 heterocycles. The molecule has 90 valence electrons. The van der Waals surface area contributed by atoms with E-state index in [4.69, 9.17) is 5.73 Å². The van der Waals surface area contributed by atoms with Gasteiger partial charge in [-0.25, -0.2) is 4.39 Å². The molecular formula is C13H13BrFNS. The van der Waals surface area contributed by atoms with Crippen molar-refractivity contribution in [3.8, 4) is 0 Å². The molecule has 2 rings (SSSR count). The summed E-state index contributed by atoms with van der Waals surface area (Å²) in [5, 5.41) is 2.03. The fraction of sp³-hybridized carbons (Fsp3) is 0.231. The van der Waals surface area contributed by atoms with E-state index < -0.39 is 5.54 Å². The third kappa shape index (κ3) is 2.94. The summed E-state index contributed by atoms with van der Waals surface area (Å²) in [6.45, 7) is 1.96. The molecule has 4 heteroatoms. The molecule has 1 aromatic carbocycles. The maximum atomic E-state index is 12.9. The van der Waals surface area contributed by atoms with E-state index >= 15 is 0 Å². The Hall–Kier alpha value is -0.710. The van der Waals surface area contributed by atoms with Gasteiger partial charge < -0.3 is 5.73 Å². The van der Waals surface area contributed by atoms with Gasteiger partial charge in [-0.3, -0.25) is 0 Å². The predicted octanol–water partition coefficient (Wildman–Crippen LogP) is 4.07. The third-order valence-electron chi connectivity index (χ3n) is 2.72. The molecule has 1 unspecified atom stereocenters. The molecule has 0 saturated carbocycles. The first-order valence-corrected chi connectivity index (χ1v) is 6.93. The van der Waals surface area contributed by atoms with E-state index in [1.165, 1.54) is 17.0 Å². The first-order chi connectivity index (χ1) is 7.99. The highest BCUT2D eigenvalue weighted by Gasteiger charge is 2.23. The van der Waals surface area contributed by atoms with Gasteiger partial charge in [0.05, 0.1) is 0 Å². The van der Waals surface area contributed by atoms with E-state index in [9.17, 15) is 4.39 Å². The highest BCUT2D eigenvalue weighted by atomic mass is 79.9. The Morgan fingerprint density at radius 1 is 1.29 bits per heavy atom. The second-order valence-electron chi connectivity index (χ2n) is 4.29. The lowest BCUT2D eigenvalue weighted by molar-refractivity contribution is 0.493. The highest BCUT2D eigenvalue weighted by molar-refractivity contribution is 9.10. The molecule has 0 saturated heterocycles. The molecule has 1 nitrogen and oxygen atoms in total. The Morgan fingerprint density at radius 3 is 2.47 bits per heavy atom. The molecule has 0 aliphatic rings. The van der Waals surface area contributed by atoms with Crippen LogP contribution in [0.4, 0.5) is 4.39 Å². The SMILES string of the molecule is CC(N)(Cc1sccc1Br)c1ccc(F)cc1. The largest absolute Gasteiger partial charge is 0.321 e. The number of rotatable bonds is 3. The van der Waals surface area contributed by atoms with Crippen LogP contribution >= 0.6 is 27.3 Å². The third-order valence-corrected chi connectivity index (χ3v) is 4.65. The number of thiophene rings is 1. The van der Waals surface area contributed by atoms with Crippen molar-refractivity contribution in [3.63, 3.8) is 0 Å². The molecule has 0 bridgehead atoms. The van der Waals surface area contributed by atoms with E-state index in [0.29, 0.717) is 0 Å². The molecule has 2 aromatic rings. The Bertz CT molecular complexity index is 504. The lowest BCUT2D eigenvalue weighted by atomic mass is 9.89. The van der Waals surface area contributed by atoms with Crippen molar-refractivity contribution >= 4 is 27.3 Å². The highest BCUT2D eigenvalue weighted by Crippen LogP contribution is 2.30. The van der Waals surface area contributed by atoms with Crippen LogP contribution in [0.25, 0.3) is 0 Å². The van der Waals surface area contributed by atoms with Crippen molar-refractivity contribution in [2.75, 3.05) is 0 Å². The van der Waals surface area contributed by atoms with Crippen molar-refractivity contribution in [2.24, 2.45) is 5.73 Å².